The van der Waals surface area contributed by atoms with Crippen LogP contribution in [-0.2, 0) is 34.3 Å². The molecule has 1 aromatic heterocycles. The molecule has 3 aromatic carbocycles. The van der Waals surface area contributed by atoms with Crippen molar-refractivity contribution in [1.29, 1.82) is 0 Å². The van der Waals surface area contributed by atoms with Crippen LogP contribution >= 0.6 is 11.8 Å². The maximum atomic E-state index is 13.8. The number of nitrogens with zero attached hydrogens (tertiary/aromatic N) is 2. The molecule has 10 nitrogen and oxygen atoms in total. The summed E-state index contributed by atoms with van der Waals surface area (Å²) in [4.78, 5) is 31.8. The number of rotatable bonds is 12. The van der Waals surface area contributed by atoms with Crippen LogP contribution in [0.2, 0.25) is 0 Å². The standard InChI is InChI=1S/C30H34N4O6S2/c1-5-27(28(35)32-18-21-8-6-19(2)7-9-21)41-30-33-24-17-26(40-4)25(39-3)16-23(24)29(36)34(30)15-14-20-10-12-22(13-11-20)42(31,37)38/h6-13,16-17,27H,5,14-15,18H2,1-4H3,(H,32,35)(H2,31,37,38)/t27-/m0/s1. The van der Waals surface area contributed by atoms with Crippen LogP contribution in [0.1, 0.15) is 30.0 Å². The Morgan fingerprint density at radius 3 is 2.24 bits per heavy atom. The molecular formula is C30H34N4O6S2. The van der Waals surface area contributed by atoms with Crippen LogP contribution < -0.4 is 25.5 Å². The molecule has 1 atom stereocenters. The van der Waals surface area contributed by atoms with Crippen molar-refractivity contribution >= 4 is 38.6 Å². The van der Waals surface area contributed by atoms with Crippen molar-refractivity contribution in [1.82, 2.24) is 14.9 Å². The minimum atomic E-state index is -3.81. The molecule has 0 aliphatic heterocycles. The van der Waals surface area contributed by atoms with E-state index in [0.717, 1.165) is 16.7 Å². The smallest absolute Gasteiger partial charge is 0.262 e. The van der Waals surface area contributed by atoms with Crippen LogP contribution in [0.25, 0.3) is 10.9 Å². The molecule has 1 heterocycles. The van der Waals surface area contributed by atoms with Crippen LogP contribution in [0.15, 0.2) is 75.5 Å². The molecule has 42 heavy (non-hydrogen) atoms. The predicted molar refractivity (Wildman–Crippen MR) is 164 cm³/mol. The van der Waals surface area contributed by atoms with E-state index in [1.807, 2.05) is 38.1 Å². The molecule has 0 aliphatic rings. The van der Waals surface area contributed by atoms with Gasteiger partial charge in [-0.2, -0.15) is 0 Å². The van der Waals surface area contributed by atoms with E-state index in [9.17, 15) is 18.0 Å². The van der Waals surface area contributed by atoms with Crippen molar-refractivity contribution in [2.75, 3.05) is 14.2 Å². The van der Waals surface area contributed by atoms with Crippen LogP contribution in [-0.4, -0.2) is 43.3 Å². The molecular weight excluding hydrogens is 576 g/mol. The maximum absolute atomic E-state index is 13.8. The lowest BCUT2D eigenvalue weighted by Gasteiger charge is -2.19. The summed E-state index contributed by atoms with van der Waals surface area (Å²) in [7, 11) is -0.815. The number of benzene rings is 3. The number of aryl methyl sites for hydroxylation is 2. The lowest BCUT2D eigenvalue weighted by atomic mass is 10.1. The topological polar surface area (TPSA) is 143 Å². The monoisotopic (exact) mass is 610 g/mol. The second kappa shape index (κ2) is 13.4. The number of fused-ring (bicyclic) bond motifs is 1. The average molecular weight is 611 g/mol. The summed E-state index contributed by atoms with van der Waals surface area (Å²) in [5, 5.41) is 8.45. The van der Waals surface area contributed by atoms with Gasteiger partial charge in [0.25, 0.3) is 5.56 Å². The first kappa shape index (κ1) is 31.1. The van der Waals surface area contributed by atoms with Gasteiger partial charge in [0, 0.05) is 19.2 Å². The largest absolute Gasteiger partial charge is 0.493 e. The van der Waals surface area contributed by atoms with Gasteiger partial charge in [-0.15, -0.1) is 0 Å². The number of amides is 1. The van der Waals surface area contributed by atoms with Gasteiger partial charge in [-0.25, -0.2) is 18.5 Å². The molecule has 0 saturated carbocycles. The Hall–Kier alpha value is -3.87. The predicted octanol–water partition coefficient (Wildman–Crippen LogP) is 3.80. The van der Waals surface area contributed by atoms with E-state index in [-0.39, 0.29) is 22.9 Å². The minimum Gasteiger partial charge on any atom is -0.493 e. The number of carbonyl (C=O) groups is 1. The third-order valence-corrected chi connectivity index (χ3v) is 9.08. The zero-order chi connectivity index (χ0) is 30.4. The van der Waals surface area contributed by atoms with Crippen molar-refractivity contribution in [3.8, 4) is 11.5 Å². The number of thioether (sulfide) groups is 1. The van der Waals surface area contributed by atoms with E-state index in [2.05, 4.69) is 5.32 Å². The third-order valence-electron chi connectivity index (χ3n) is 6.80. The number of ether oxygens (including phenoxy) is 2. The quantitative estimate of drug-likeness (QED) is 0.182. The molecule has 0 spiro atoms. The zero-order valence-corrected chi connectivity index (χ0v) is 25.6. The lowest BCUT2D eigenvalue weighted by Crippen LogP contribution is -2.33. The fourth-order valence-electron chi connectivity index (χ4n) is 4.36. The Kier molecular flexibility index (Phi) is 9.92. The van der Waals surface area contributed by atoms with Gasteiger partial charge in [-0.05, 0) is 49.1 Å². The number of hydrogen-bond donors (Lipinski definition) is 2. The van der Waals surface area contributed by atoms with Crippen molar-refractivity contribution in [2.45, 2.75) is 55.1 Å². The second-order valence-electron chi connectivity index (χ2n) is 9.73. The second-order valence-corrected chi connectivity index (χ2v) is 12.5. The van der Waals surface area contributed by atoms with Gasteiger partial charge in [-0.3, -0.25) is 14.2 Å². The highest BCUT2D eigenvalue weighted by molar-refractivity contribution is 8.00. The normalized spacial score (nSPS) is 12.2. The van der Waals surface area contributed by atoms with Crippen LogP contribution in [0.5, 0.6) is 11.5 Å². The van der Waals surface area contributed by atoms with Gasteiger partial charge >= 0.3 is 0 Å². The number of hydrogen-bond acceptors (Lipinski definition) is 8. The molecule has 0 fully saturated rings. The van der Waals surface area contributed by atoms with Crippen molar-refractivity contribution < 1.29 is 22.7 Å². The number of nitrogens with one attached hydrogen (secondary N) is 1. The Morgan fingerprint density at radius 2 is 1.64 bits per heavy atom. The zero-order valence-electron chi connectivity index (χ0n) is 23.9. The SMILES string of the molecule is CC[C@H](Sc1nc2cc(OC)c(OC)cc2c(=O)n1CCc1ccc(S(N)(=O)=O)cc1)C(=O)NCc1ccc(C)cc1. The first-order valence-electron chi connectivity index (χ1n) is 13.3. The van der Waals surface area contributed by atoms with Gasteiger partial charge in [0.05, 0.1) is 35.3 Å². The molecule has 0 radical (unpaired) electrons. The number of methoxy groups -OCH3 is 2. The highest BCUT2D eigenvalue weighted by Crippen LogP contribution is 2.32. The molecule has 222 valence electrons. The van der Waals surface area contributed by atoms with E-state index in [1.165, 1.54) is 38.1 Å². The van der Waals surface area contributed by atoms with E-state index >= 15 is 0 Å². The highest BCUT2D eigenvalue weighted by atomic mass is 32.2. The number of primary sulfonamides is 1. The fraction of sp³-hybridized carbons (Fsp3) is 0.300. The third kappa shape index (κ3) is 7.30. The summed E-state index contributed by atoms with van der Waals surface area (Å²) >= 11 is 1.23. The van der Waals surface area contributed by atoms with Crippen molar-refractivity contribution in [2.24, 2.45) is 5.14 Å². The van der Waals surface area contributed by atoms with E-state index in [4.69, 9.17) is 19.6 Å². The van der Waals surface area contributed by atoms with Gasteiger partial charge in [-0.1, -0.05) is 60.6 Å². The molecule has 4 aromatic rings. The Labute approximate surface area is 249 Å². The molecule has 0 saturated heterocycles. The molecule has 3 N–H and O–H groups in total. The minimum absolute atomic E-state index is 0.00973. The molecule has 0 aliphatic carbocycles. The molecule has 1 amide bonds. The highest BCUT2D eigenvalue weighted by Gasteiger charge is 2.23. The van der Waals surface area contributed by atoms with Crippen molar-refractivity contribution in [3.05, 3.63) is 87.7 Å². The summed E-state index contributed by atoms with van der Waals surface area (Å²) in [6.07, 6.45) is 0.925. The summed E-state index contributed by atoms with van der Waals surface area (Å²) in [5.74, 6) is 0.676. The number of carbonyl (C=O) groups excluding carboxylic acids is 1. The first-order chi connectivity index (χ1) is 20.0. The molecule has 0 unspecified atom stereocenters. The average Bonchev–Trinajstić information content (AvgIpc) is 2.98. The number of sulfonamides is 1. The van der Waals surface area contributed by atoms with E-state index < -0.39 is 15.3 Å². The summed E-state index contributed by atoms with van der Waals surface area (Å²) in [6, 6.07) is 17.4. The van der Waals surface area contributed by atoms with Gasteiger partial charge in [0.15, 0.2) is 16.7 Å². The number of nitrogens with two attached hydrogens (primary N) is 1. The van der Waals surface area contributed by atoms with Crippen molar-refractivity contribution in [3.63, 3.8) is 0 Å². The van der Waals surface area contributed by atoms with Gasteiger partial charge < -0.3 is 14.8 Å². The molecule has 4 rings (SSSR count). The van der Waals surface area contributed by atoms with E-state index in [1.54, 1.807) is 28.8 Å². The van der Waals surface area contributed by atoms with Crippen LogP contribution in [0.4, 0.5) is 0 Å². The summed E-state index contributed by atoms with van der Waals surface area (Å²) in [5.41, 5.74) is 3.06. The van der Waals surface area contributed by atoms with Gasteiger partial charge in [0.2, 0.25) is 15.9 Å². The Balaban J connectivity index is 1.66. The van der Waals surface area contributed by atoms with Crippen LogP contribution in [0, 0.1) is 6.92 Å². The molecule has 12 heteroatoms. The number of aromatic nitrogens is 2. The van der Waals surface area contributed by atoms with Gasteiger partial charge in [0.1, 0.15) is 0 Å². The summed E-state index contributed by atoms with van der Waals surface area (Å²) in [6.45, 7) is 4.55. The first-order valence-corrected chi connectivity index (χ1v) is 15.7. The lowest BCUT2D eigenvalue weighted by molar-refractivity contribution is -0.120. The Morgan fingerprint density at radius 1 is 1.02 bits per heavy atom. The Bertz CT molecular complexity index is 1740. The maximum Gasteiger partial charge on any atom is 0.262 e. The summed E-state index contributed by atoms with van der Waals surface area (Å²) < 4.78 is 35.6. The molecule has 0 bridgehead atoms. The fourth-order valence-corrected chi connectivity index (χ4v) is 5.94. The van der Waals surface area contributed by atoms with E-state index in [0.29, 0.717) is 46.9 Å². The van der Waals surface area contributed by atoms with Crippen LogP contribution in [0.3, 0.4) is 0 Å².